The Kier molecular flexibility index (Phi) is 8.62. The Morgan fingerprint density at radius 2 is 1.92 bits per heavy atom. The molecule has 0 heterocycles. The van der Waals surface area contributed by atoms with Crippen LogP contribution in [0.5, 0.6) is 0 Å². The number of rotatable bonds is 8. The summed E-state index contributed by atoms with van der Waals surface area (Å²) in [6, 6.07) is 0. The van der Waals surface area contributed by atoms with Crippen molar-refractivity contribution in [2.45, 2.75) is 45.4 Å². The summed E-state index contributed by atoms with van der Waals surface area (Å²) in [5.41, 5.74) is 0. The Bertz CT molecular complexity index is 143. The molecule has 13 heavy (non-hydrogen) atoms. The minimum absolute atomic E-state index is 0.121. The minimum atomic E-state index is -0.121. The quantitative estimate of drug-likeness (QED) is 0.429. The molecule has 0 atom stereocenters. The number of carbonyl (C=O) groups excluding carboxylic acids is 2. The molecule has 0 bridgehead atoms. The van der Waals surface area contributed by atoms with E-state index in [1.807, 2.05) is 6.29 Å². The number of hydrogen-bond acceptors (Lipinski definition) is 3. The molecule has 0 amide bonds. The van der Waals surface area contributed by atoms with E-state index < -0.39 is 0 Å². The molecule has 0 saturated heterocycles. The van der Waals surface area contributed by atoms with Crippen LogP contribution in [-0.2, 0) is 14.3 Å². The molecule has 0 rings (SSSR count). The summed E-state index contributed by atoms with van der Waals surface area (Å²) in [6.45, 7) is 2.26. The lowest BCUT2D eigenvalue weighted by molar-refractivity contribution is -0.143. The second-order valence-corrected chi connectivity index (χ2v) is 2.86. The van der Waals surface area contributed by atoms with E-state index in [1.165, 1.54) is 0 Å². The predicted octanol–water partition coefficient (Wildman–Crippen LogP) is 2.00. The average molecular weight is 185 g/mol. The summed E-state index contributed by atoms with van der Waals surface area (Å²) < 4.78 is 4.77. The Morgan fingerprint density at radius 1 is 1.23 bits per heavy atom. The largest absolute Gasteiger partial charge is 0.466 e. The van der Waals surface area contributed by atoms with E-state index in [0.29, 0.717) is 19.4 Å². The maximum Gasteiger partial charge on any atom is 0.305 e. The molecule has 0 saturated carbocycles. The molecular weight excluding hydrogens is 168 g/mol. The lowest BCUT2D eigenvalue weighted by atomic mass is 10.1. The van der Waals surface area contributed by atoms with Gasteiger partial charge in [-0.05, 0) is 19.8 Å². The van der Waals surface area contributed by atoms with Gasteiger partial charge in [0.15, 0.2) is 6.29 Å². The van der Waals surface area contributed by atoms with Crippen molar-refractivity contribution < 1.29 is 14.3 Å². The zero-order valence-corrected chi connectivity index (χ0v) is 8.17. The van der Waals surface area contributed by atoms with Crippen LogP contribution in [-0.4, -0.2) is 18.9 Å². The van der Waals surface area contributed by atoms with Gasteiger partial charge >= 0.3 is 5.97 Å². The Hall–Kier alpha value is -0.860. The SMILES string of the molecule is CCOC(=O)CCCCCC[C]=O. The Labute approximate surface area is 79.5 Å². The van der Waals surface area contributed by atoms with E-state index in [-0.39, 0.29) is 5.97 Å². The molecule has 1 radical (unpaired) electrons. The lowest BCUT2D eigenvalue weighted by Crippen LogP contribution is -2.03. The van der Waals surface area contributed by atoms with E-state index in [4.69, 9.17) is 4.74 Å². The molecule has 0 fully saturated rings. The first-order chi connectivity index (χ1) is 6.31. The zero-order valence-electron chi connectivity index (χ0n) is 8.17. The van der Waals surface area contributed by atoms with Crippen LogP contribution >= 0.6 is 0 Å². The van der Waals surface area contributed by atoms with Gasteiger partial charge in [0.05, 0.1) is 6.61 Å². The maximum atomic E-state index is 10.8. The highest BCUT2D eigenvalue weighted by molar-refractivity contribution is 5.69. The molecule has 3 nitrogen and oxygen atoms in total. The molecule has 75 valence electrons. The molecule has 0 unspecified atom stereocenters. The van der Waals surface area contributed by atoms with Crippen molar-refractivity contribution in [2.24, 2.45) is 0 Å². The van der Waals surface area contributed by atoms with Crippen molar-refractivity contribution in [2.75, 3.05) is 6.61 Å². The lowest BCUT2D eigenvalue weighted by Gasteiger charge is -2.00. The third kappa shape index (κ3) is 9.05. The Balaban J connectivity index is 3.06. The first-order valence-electron chi connectivity index (χ1n) is 4.82. The van der Waals surface area contributed by atoms with Gasteiger partial charge in [-0.3, -0.25) is 9.59 Å². The van der Waals surface area contributed by atoms with Crippen LogP contribution < -0.4 is 0 Å². The predicted molar refractivity (Wildman–Crippen MR) is 50.0 cm³/mol. The minimum Gasteiger partial charge on any atom is -0.466 e. The molecule has 0 aliphatic carbocycles. The van der Waals surface area contributed by atoms with E-state index in [0.717, 1.165) is 25.7 Å². The third-order valence-electron chi connectivity index (χ3n) is 1.72. The molecule has 0 aliphatic heterocycles. The standard InChI is InChI=1S/C10H17O3/c1-2-13-10(12)8-6-4-3-5-7-9-11/h2-8H2,1H3. The van der Waals surface area contributed by atoms with Crippen LogP contribution in [0.2, 0.25) is 0 Å². The molecule has 0 spiro atoms. The van der Waals surface area contributed by atoms with Gasteiger partial charge in [0, 0.05) is 12.8 Å². The van der Waals surface area contributed by atoms with Crippen molar-refractivity contribution in [3.05, 3.63) is 0 Å². The average Bonchev–Trinajstić information content (AvgIpc) is 2.11. The fourth-order valence-corrected chi connectivity index (χ4v) is 1.05. The van der Waals surface area contributed by atoms with Crippen LogP contribution in [0.3, 0.4) is 0 Å². The van der Waals surface area contributed by atoms with E-state index in [1.54, 1.807) is 6.92 Å². The summed E-state index contributed by atoms with van der Waals surface area (Å²) >= 11 is 0. The van der Waals surface area contributed by atoms with Crippen molar-refractivity contribution in [1.82, 2.24) is 0 Å². The molecule has 0 aromatic heterocycles. The summed E-state index contributed by atoms with van der Waals surface area (Å²) in [5, 5.41) is 0. The fraction of sp³-hybridized carbons (Fsp3) is 0.800. The van der Waals surface area contributed by atoms with Gasteiger partial charge in [0.25, 0.3) is 0 Å². The van der Waals surface area contributed by atoms with Crippen molar-refractivity contribution >= 4 is 12.3 Å². The summed E-state index contributed by atoms with van der Waals surface area (Å²) in [6.07, 6.45) is 6.58. The normalized spacial score (nSPS) is 9.62. The van der Waals surface area contributed by atoms with Gasteiger partial charge in [-0.25, -0.2) is 0 Å². The van der Waals surface area contributed by atoms with Gasteiger partial charge in [0.1, 0.15) is 0 Å². The van der Waals surface area contributed by atoms with Crippen LogP contribution in [0.25, 0.3) is 0 Å². The van der Waals surface area contributed by atoms with Gasteiger partial charge in [0.2, 0.25) is 0 Å². The van der Waals surface area contributed by atoms with Gasteiger partial charge in [-0.2, -0.15) is 0 Å². The molecule has 0 aromatic rings. The van der Waals surface area contributed by atoms with E-state index >= 15 is 0 Å². The van der Waals surface area contributed by atoms with Crippen LogP contribution in [0.4, 0.5) is 0 Å². The second-order valence-electron chi connectivity index (χ2n) is 2.86. The van der Waals surface area contributed by atoms with Crippen LogP contribution in [0.1, 0.15) is 45.4 Å². The molecule has 0 N–H and O–H groups in total. The second kappa shape index (κ2) is 9.23. The van der Waals surface area contributed by atoms with Gasteiger partial charge in [-0.1, -0.05) is 12.8 Å². The highest BCUT2D eigenvalue weighted by Gasteiger charge is 1.99. The topological polar surface area (TPSA) is 43.4 Å². The number of ether oxygens (including phenoxy) is 1. The maximum absolute atomic E-state index is 10.8. The molecule has 3 heteroatoms. The summed E-state index contributed by atoms with van der Waals surface area (Å²) in [7, 11) is 0. The van der Waals surface area contributed by atoms with Crippen molar-refractivity contribution in [1.29, 1.82) is 0 Å². The molecular formula is C10H17O3. The van der Waals surface area contributed by atoms with E-state index in [2.05, 4.69) is 0 Å². The number of carbonyl (C=O) groups is 1. The Morgan fingerprint density at radius 3 is 2.54 bits per heavy atom. The number of esters is 1. The van der Waals surface area contributed by atoms with Crippen molar-refractivity contribution in [3.63, 3.8) is 0 Å². The first kappa shape index (κ1) is 12.1. The van der Waals surface area contributed by atoms with Gasteiger partial charge in [-0.15, -0.1) is 0 Å². The number of unbranched alkanes of at least 4 members (excludes halogenated alkanes) is 4. The molecule has 0 aliphatic rings. The first-order valence-corrected chi connectivity index (χ1v) is 4.82. The zero-order chi connectivity index (χ0) is 9.94. The summed E-state index contributed by atoms with van der Waals surface area (Å²) in [4.78, 5) is 20.7. The van der Waals surface area contributed by atoms with E-state index in [9.17, 15) is 9.59 Å². The third-order valence-corrected chi connectivity index (χ3v) is 1.72. The van der Waals surface area contributed by atoms with Crippen LogP contribution in [0, 0.1) is 0 Å². The van der Waals surface area contributed by atoms with Crippen LogP contribution in [0.15, 0.2) is 0 Å². The highest BCUT2D eigenvalue weighted by atomic mass is 16.5. The smallest absolute Gasteiger partial charge is 0.305 e. The highest BCUT2D eigenvalue weighted by Crippen LogP contribution is 2.05. The summed E-state index contributed by atoms with van der Waals surface area (Å²) in [5.74, 6) is -0.121. The monoisotopic (exact) mass is 185 g/mol. The van der Waals surface area contributed by atoms with Crippen molar-refractivity contribution in [3.8, 4) is 0 Å². The van der Waals surface area contributed by atoms with Gasteiger partial charge < -0.3 is 4.74 Å². The molecule has 0 aromatic carbocycles. The fourth-order valence-electron chi connectivity index (χ4n) is 1.05. The number of hydrogen-bond donors (Lipinski definition) is 0.